The molecule has 14 heteroatoms. The van der Waals surface area contributed by atoms with Gasteiger partial charge in [-0.1, -0.05) is 48.5 Å². The summed E-state index contributed by atoms with van der Waals surface area (Å²) in [6, 6.07) is 27.4. The smallest absolute Gasteiger partial charge is 0.219 e. The molecule has 3 aromatic carbocycles. The van der Waals surface area contributed by atoms with Gasteiger partial charge in [-0.25, -0.2) is 34.9 Å². The number of hydrogen-bond donors (Lipinski definition) is 3. The highest BCUT2D eigenvalue weighted by Crippen LogP contribution is 2.31. The van der Waals surface area contributed by atoms with Gasteiger partial charge in [-0.2, -0.15) is 0 Å². The molecule has 3 N–H and O–H groups in total. The Morgan fingerprint density at radius 1 is 0.617 bits per heavy atom. The zero-order valence-corrected chi connectivity index (χ0v) is 33.8. The van der Waals surface area contributed by atoms with Gasteiger partial charge in [0.2, 0.25) is 5.88 Å². The Labute approximate surface area is 346 Å². The quantitative estimate of drug-likeness (QED) is 0.0956. The van der Waals surface area contributed by atoms with Crippen molar-refractivity contribution >= 4 is 44.7 Å². The van der Waals surface area contributed by atoms with Crippen molar-refractivity contribution in [3.8, 4) is 40.2 Å². The molecule has 9 rings (SSSR count). The summed E-state index contributed by atoms with van der Waals surface area (Å²) in [6.07, 6.45) is 10.5. The van der Waals surface area contributed by atoms with Crippen LogP contribution in [0.1, 0.15) is 50.9 Å². The van der Waals surface area contributed by atoms with Crippen LogP contribution >= 0.6 is 0 Å². The third-order valence-corrected chi connectivity index (χ3v) is 10.4. The number of fused-ring (bicyclic) bond motifs is 3. The van der Waals surface area contributed by atoms with E-state index >= 15 is 0 Å². The van der Waals surface area contributed by atoms with E-state index < -0.39 is 0 Å². The molecule has 0 aliphatic carbocycles. The van der Waals surface area contributed by atoms with Gasteiger partial charge < -0.3 is 29.6 Å². The summed E-state index contributed by atoms with van der Waals surface area (Å²) in [6.45, 7) is 9.70. The van der Waals surface area contributed by atoms with Gasteiger partial charge >= 0.3 is 0 Å². The van der Waals surface area contributed by atoms with Crippen LogP contribution in [-0.4, -0.2) is 67.2 Å². The van der Waals surface area contributed by atoms with Crippen molar-refractivity contribution < 1.29 is 9.84 Å². The van der Waals surface area contributed by atoms with Gasteiger partial charge in [-0.05, 0) is 87.4 Å². The number of imidazole rings is 2. The summed E-state index contributed by atoms with van der Waals surface area (Å²) < 4.78 is 10.3. The average Bonchev–Trinajstić information content (AvgIpc) is 3.91. The summed E-state index contributed by atoms with van der Waals surface area (Å²) in [4.78, 5) is 38.2. The predicted octanol–water partition coefficient (Wildman–Crippen LogP) is 9.21. The van der Waals surface area contributed by atoms with Gasteiger partial charge in [-0.3, -0.25) is 4.98 Å². The lowest BCUT2D eigenvalue weighted by Gasteiger charge is -2.12. The highest BCUT2D eigenvalue weighted by molar-refractivity contribution is 5.96. The first-order valence-electron chi connectivity index (χ1n) is 20.1. The van der Waals surface area contributed by atoms with Crippen LogP contribution in [0.5, 0.6) is 17.4 Å². The third-order valence-electron chi connectivity index (χ3n) is 10.4. The summed E-state index contributed by atoms with van der Waals surface area (Å²) in [7, 11) is 0. The molecule has 9 aromatic rings. The minimum atomic E-state index is 0.163. The Balaban J connectivity index is 0.872. The number of ether oxygens (including phenoxy) is 1. The predicted molar refractivity (Wildman–Crippen MR) is 234 cm³/mol. The molecule has 0 aliphatic heterocycles. The molecule has 14 nitrogen and oxygen atoms in total. The van der Waals surface area contributed by atoms with Crippen molar-refractivity contribution in [2.45, 2.75) is 52.6 Å². The standard InChI is InChI=1S/C46H44N12O2/c1-28(2)57-26-51-39-43(48-21-19-30-9-14-34(59)15-10-30)53-41(55-45(39)57)33-13-18-38(50-24-33)60-35-16-11-31(12-17-35)20-22-49-44-40-46(58(27-52-40)29(3)4)56-42(54-44)37-25-47-23-32-7-5-6-8-36(32)37/h5-18,23-29,59H,19-22H2,1-4H3,(H,48,53,55)(H,49,54,56). The van der Waals surface area contributed by atoms with E-state index in [0.29, 0.717) is 53.5 Å². The molecule has 0 fully saturated rings. The maximum atomic E-state index is 9.64. The molecule has 6 aromatic heterocycles. The van der Waals surface area contributed by atoms with Crippen molar-refractivity contribution in [1.29, 1.82) is 0 Å². The lowest BCUT2D eigenvalue weighted by Crippen LogP contribution is -2.09. The molecule has 0 radical (unpaired) electrons. The van der Waals surface area contributed by atoms with Gasteiger partial charge in [0.15, 0.2) is 34.6 Å². The van der Waals surface area contributed by atoms with Crippen LogP contribution in [0.4, 0.5) is 11.6 Å². The van der Waals surface area contributed by atoms with Crippen LogP contribution in [0.2, 0.25) is 0 Å². The number of phenols is 1. The maximum absolute atomic E-state index is 9.64. The number of aromatic nitrogens is 10. The van der Waals surface area contributed by atoms with Crippen LogP contribution in [-0.2, 0) is 12.8 Å². The zero-order valence-electron chi connectivity index (χ0n) is 33.8. The molecule has 0 spiro atoms. The molecule has 0 bridgehead atoms. The van der Waals surface area contributed by atoms with Crippen LogP contribution < -0.4 is 15.4 Å². The van der Waals surface area contributed by atoms with Crippen LogP contribution in [0.15, 0.2) is 116 Å². The summed E-state index contributed by atoms with van der Waals surface area (Å²) in [5.41, 5.74) is 6.83. The number of nitrogens with one attached hydrogen (secondary N) is 2. The highest BCUT2D eigenvalue weighted by Gasteiger charge is 2.19. The van der Waals surface area contributed by atoms with Crippen molar-refractivity contribution in [1.82, 2.24) is 49.0 Å². The fourth-order valence-electron chi connectivity index (χ4n) is 7.11. The topological polar surface area (TPSA) is 166 Å². The molecule has 0 amide bonds. The van der Waals surface area contributed by atoms with Gasteiger partial charge in [-0.15, -0.1) is 0 Å². The molecule has 0 unspecified atom stereocenters. The molecule has 0 saturated carbocycles. The zero-order chi connectivity index (χ0) is 41.2. The molecule has 6 heterocycles. The normalized spacial score (nSPS) is 11.6. The largest absolute Gasteiger partial charge is 0.508 e. The molecule has 300 valence electrons. The lowest BCUT2D eigenvalue weighted by atomic mass is 10.1. The Bertz CT molecular complexity index is 2920. The Morgan fingerprint density at radius 2 is 1.22 bits per heavy atom. The van der Waals surface area contributed by atoms with E-state index in [1.54, 1.807) is 24.7 Å². The number of hydrogen-bond acceptors (Lipinski definition) is 12. The molecular formula is C46H44N12O2. The van der Waals surface area contributed by atoms with Crippen molar-refractivity contribution in [2.24, 2.45) is 0 Å². The van der Waals surface area contributed by atoms with E-state index in [0.717, 1.165) is 62.7 Å². The van der Waals surface area contributed by atoms with E-state index in [-0.39, 0.29) is 17.8 Å². The Hall–Kier alpha value is -7.48. The van der Waals surface area contributed by atoms with Gasteiger partial charge in [0.25, 0.3) is 0 Å². The van der Waals surface area contributed by atoms with E-state index in [9.17, 15) is 5.11 Å². The van der Waals surface area contributed by atoms with Gasteiger partial charge in [0.05, 0.1) is 12.7 Å². The fourth-order valence-corrected chi connectivity index (χ4v) is 7.11. The van der Waals surface area contributed by atoms with Crippen LogP contribution in [0.25, 0.3) is 55.9 Å². The number of nitrogens with zero attached hydrogens (tertiary/aromatic N) is 10. The van der Waals surface area contributed by atoms with E-state index in [1.165, 1.54) is 0 Å². The fraction of sp³-hybridized carbons (Fsp3) is 0.217. The number of aromatic hydroxyl groups is 1. The van der Waals surface area contributed by atoms with Gasteiger partial charge in [0.1, 0.15) is 22.5 Å². The first-order chi connectivity index (χ1) is 29.3. The van der Waals surface area contributed by atoms with E-state index in [4.69, 9.17) is 29.7 Å². The summed E-state index contributed by atoms with van der Waals surface area (Å²) >= 11 is 0. The minimum absolute atomic E-state index is 0.163. The van der Waals surface area contributed by atoms with Crippen molar-refractivity contribution in [2.75, 3.05) is 23.7 Å². The second-order valence-electron chi connectivity index (χ2n) is 15.2. The van der Waals surface area contributed by atoms with Crippen molar-refractivity contribution in [3.63, 3.8) is 0 Å². The average molecular weight is 797 g/mol. The van der Waals surface area contributed by atoms with E-state index in [1.807, 2.05) is 77.9 Å². The number of phenolic OH excluding ortho intramolecular Hbond substituents is 1. The monoisotopic (exact) mass is 796 g/mol. The molecule has 0 aliphatic rings. The number of anilines is 2. The molecule has 60 heavy (non-hydrogen) atoms. The summed E-state index contributed by atoms with van der Waals surface area (Å²) in [5.74, 6) is 3.86. The molecule has 0 atom stereocenters. The molecular weight excluding hydrogens is 753 g/mol. The maximum Gasteiger partial charge on any atom is 0.219 e. The van der Waals surface area contributed by atoms with Crippen LogP contribution in [0.3, 0.4) is 0 Å². The number of rotatable bonds is 14. The second kappa shape index (κ2) is 16.4. The Kier molecular flexibility index (Phi) is 10.4. The number of pyridine rings is 2. The SMILES string of the molecule is CC(C)n1cnc2c(NCCc3ccc(O)cc3)nc(-c3ccc(Oc4ccc(CCNc5nc(-c6cncc7ccccc67)nc6c5ncn6C(C)C)cc4)nc3)nc21. The minimum Gasteiger partial charge on any atom is -0.508 e. The van der Waals surface area contributed by atoms with Crippen LogP contribution in [0, 0.1) is 0 Å². The highest BCUT2D eigenvalue weighted by atomic mass is 16.5. The van der Waals surface area contributed by atoms with Crippen molar-refractivity contribution in [3.05, 3.63) is 127 Å². The first-order valence-corrected chi connectivity index (χ1v) is 20.1. The second-order valence-corrected chi connectivity index (χ2v) is 15.2. The van der Waals surface area contributed by atoms with Gasteiger partial charge in [0, 0.05) is 66.3 Å². The first kappa shape index (κ1) is 38.1. The summed E-state index contributed by atoms with van der Waals surface area (Å²) in [5, 5.41) is 18.7. The Morgan fingerprint density at radius 3 is 1.83 bits per heavy atom. The number of benzene rings is 3. The lowest BCUT2D eigenvalue weighted by molar-refractivity contribution is 0.463. The van der Waals surface area contributed by atoms with E-state index in [2.05, 4.69) is 76.0 Å². The molecule has 0 saturated heterocycles. The third kappa shape index (κ3) is 7.86.